The van der Waals surface area contributed by atoms with Gasteiger partial charge >= 0.3 is 35.7 Å². The van der Waals surface area contributed by atoms with Gasteiger partial charge in [-0.05, 0) is 49.6 Å². The summed E-state index contributed by atoms with van der Waals surface area (Å²) in [4.78, 5) is 12.9. The van der Waals surface area contributed by atoms with Crippen LogP contribution in [-0.2, 0) is 11.0 Å². The van der Waals surface area contributed by atoms with Gasteiger partial charge in [0.25, 0.3) is 0 Å². The first-order chi connectivity index (χ1) is 14.1. The predicted molar refractivity (Wildman–Crippen MR) is 104 cm³/mol. The number of benzene rings is 2. The third-order valence-corrected chi connectivity index (χ3v) is 6.31. The van der Waals surface area contributed by atoms with E-state index in [1.807, 2.05) is 43.0 Å². The fourth-order valence-electron chi connectivity index (χ4n) is 4.23. The summed E-state index contributed by atoms with van der Waals surface area (Å²) in [6.45, 7) is 4.69. The second kappa shape index (κ2) is 8.68. The van der Waals surface area contributed by atoms with Gasteiger partial charge in [-0.1, -0.05) is 25.1 Å². The number of nitrogens with zero attached hydrogens (tertiary/aromatic N) is 1. The van der Waals surface area contributed by atoms with E-state index in [9.17, 15) is 23.1 Å². The molecule has 0 spiro atoms. The van der Waals surface area contributed by atoms with E-state index in [-0.39, 0.29) is 41.2 Å². The molecule has 0 bridgehead atoms. The molecule has 0 N–H and O–H groups in total. The molecule has 2 aromatic carbocycles. The van der Waals surface area contributed by atoms with Crippen molar-refractivity contribution in [3.8, 4) is 5.75 Å². The number of carboxylic acids is 1. The van der Waals surface area contributed by atoms with Gasteiger partial charge in [-0.3, -0.25) is 0 Å². The van der Waals surface area contributed by atoms with Crippen LogP contribution in [0.4, 0.5) is 18.9 Å². The van der Waals surface area contributed by atoms with Crippen molar-refractivity contribution >= 4 is 11.7 Å². The molecule has 2 aliphatic rings. The van der Waals surface area contributed by atoms with Crippen LogP contribution < -0.4 is 44.3 Å². The van der Waals surface area contributed by atoms with Crippen LogP contribution in [0.3, 0.4) is 0 Å². The molecule has 2 unspecified atom stereocenters. The molecule has 2 aromatic rings. The van der Waals surface area contributed by atoms with E-state index in [2.05, 4.69) is 0 Å². The van der Waals surface area contributed by atoms with E-state index in [1.54, 1.807) is 0 Å². The minimum Gasteiger partial charge on any atom is -0.550 e. The Morgan fingerprint density at radius 2 is 1.94 bits per heavy atom. The second-order valence-electron chi connectivity index (χ2n) is 8.43. The summed E-state index contributed by atoms with van der Waals surface area (Å²) in [5, 5.41) is 11.0. The van der Waals surface area contributed by atoms with Crippen LogP contribution in [0.25, 0.3) is 0 Å². The number of halogens is 3. The zero-order chi connectivity index (χ0) is 21.7. The molecule has 4 rings (SSSR count). The number of fused-ring (bicyclic) bond motifs is 1. The molecular formula is C23H23F3NNaO3. The average Bonchev–Trinajstić information content (AvgIpc) is 2.65. The number of anilines is 1. The SMILES string of the molecule is CCC1(C)CC(c2cccc(N3CC(C(=O)[O-])C3)c2)c2ccc(C(F)(F)F)cc2O1.[Na+]. The van der Waals surface area contributed by atoms with Crippen LogP contribution in [0.2, 0.25) is 0 Å². The number of carbonyl (C=O) groups excluding carboxylic acids is 1. The average molecular weight is 441 g/mol. The van der Waals surface area contributed by atoms with E-state index in [0.29, 0.717) is 25.9 Å². The van der Waals surface area contributed by atoms with E-state index < -0.39 is 29.2 Å². The normalized spacial score (nSPS) is 23.3. The van der Waals surface area contributed by atoms with Crippen LogP contribution in [0.1, 0.15) is 49.3 Å². The maximum atomic E-state index is 13.2. The molecule has 0 aliphatic carbocycles. The van der Waals surface area contributed by atoms with Gasteiger partial charge in [0.2, 0.25) is 0 Å². The molecule has 8 heteroatoms. The molecular weight excluding hydrogens is 418 g/mol. The van der Waals surface area contributed by atoms with Gasteiger partial charge in [0.15, 0.2) is 0 Å². The predicted octanol–water partition coefficient (Wildman–Crippen LogP) is 0.979. The first-order valence-corrected chi connectivity index (χ1v) is 10.1. The minimum atomic E-state index is -4.43. The van der Waals surface area contributed by atoms with Gasteiger partial charge in [-0.25, -0.2) is 0 Å². The molecule has 160 valence electrons. The Morgan fingerprint density at radius 3 is 2.55 bits per heavy atom. The molecule has 2 heterocycles. The zero-order valence-corrected chi connectivity index (χ0v) is 19.8. The number of carboxylic acid groups (broad SMARTS) is 1. The summed E-state index contributed by atoms with van der Waals surface area (Å²) in [6.07, 6.45) is -3.12. The van der Waals surface area contributed by atoms with Crippen molar-refractivity contribution in [1.29, 1.82) is 0 Å². The van der Waals surface area contributed by atoms with Crippen molar-refractivity contribution in [1.82, 2.24) is 0 Å². The maximum Gasteiger partial charge on any atom is 1.00 e. The smallest absolute Gasteiger partial charge is 0.550 e. The Hall–Kier alpha value is -1.70. The number of hydrogen-bond acceptors (Lipinski definition) is 4. The van der Waals surface area contributed by atoms with Crippen molar-refractivity contribution in [3.63, 3.8) is 0 Å². The Labute approximate surface area is 201 Å². The van der Waals surface area contributed by atoms with Crippen molar-refractivity contribution < 1.29 is 57.4 Å². The largest absolute Gasteiger partial charge is 1.00 e. The quantitative estimate of drug-likeness (QED) is 0.664. The van der Waals surface area contributed by atoms with Gasteiger partial charge in [0.05, 0.1) is 5.56 Å². The number of ether oxygens (including phenoxy) is 1. The van der Waals surface area contributed by atoms with Crippen LogP contribution in [0.5, 0.6) is 5.75 Å². The van der Waals surface area contributed by atoms with Gasteiger partial charge in [-0.15, -0.1) is 0 Å². The Kier molecular flexibility index (Phi) is 6.71. The van der Waals surface area contributed by atoms with Crippen molar-refractivity contribution in [3.05, 3.63) is 59.2 Å². The number of alkyl halides is 3. The molecule has 0 aromatic heterocycles. The zero-order valence-electron chi connectivity index (χ0n) is 17.8. The Balaban J connectivity index is 0.00000272. The van der Waals surface area contributed by atoms with E-state index >= 15 is 0 Å². The van der Waals surface area contributed by atoms with Crippen LogP contribution >= 0.6 is 0 Å². The minimum absolute atomic E-state index is 0. The Morgan fingerprint density at radius 1 is 1.23 bits per heavy atom. The fourth-order valence-corrected chi connectivity index (χ4v) is 4.23. The topological polar surface area (TPSA) is 52.6 Å². The number of hydrogen-bond donors (Lipinski definition) is 0. The van der Waals surface area contributed by atoms with E-state index in [0.717, 1.165) is 28.9 Å². The molecule has 0 saturated carbocycles. The summed E-state index contributed by atoms with van der Waals surface area (Å²) in [7, 11) is 0. The number of aliphatic carboxylic acids is 1. The van der Waals surface area contributed by atoms with Gasteiger partial charge in [0, 0.05) is 42.1 Å². The number of carbonyl (C=O) groups is 1. The summed E-state index contributed by atoms with van der Waals surface area (Å²) in [5.41, 5.74) is 1.33. The van der Waals surface area contributed by atoms with Gasteiger partial charge < -0.3 is 19.5 Å². The van der Waals surface area contributed by atoms with Crippen LogP contribution in [0.15, 0.2) is 42.5 Å². The third kappa shape index (κ3) is 4.73. The number of rotatable bonds is 4. The van der Waals surface area contributed by atoms with Crippen molar-refractivity contribution in [2.45, 2.75) is 44.4 Å². The van der Waals surface area contributed by atoms with Gasteiger partial charge in [0.1, 0.15) is 11.4 Å². The molecule has 31 heavy (non-hydrogen) atoms. The Bertz CT molecular complexity index is 975. The molecule has 1 saturated heterocycles. The fraction of sp³-hybridized carbons (Fsp3) is 0.435. The van der Waals surface area contributed by atoms with Crippen LogP contribution in [-0.4, -0.2) is 24.7 Å². The monoisotopic (exact) mass is 441 g/mol. The molecule has 0 radical (unpaired) electrons. The third-order valence-electron chi connectivity index (χ3n) is 6.31. The second-order valence-corrected chi connectivity index (χ2v) is 8.43. The molecule has 4 nitrogen and oxygen atoms in total. The van der Waals surface area contributed by atoms with Crippen molar-refractivity contribution in [2.24, 2.45) is 5.92 Å². The summed E-state index contributed by atoms with van der Waals surface area (Å²) < 4.78 is 45.7. The van der Waals surface area contributed by atoms with Crippen molar-refractivity contribution in [2.75, 3.05) is 18.0 Å². The molecule has 0 amide bonds. The summed E-state index contributed by atoms with van der Waals surface area (Å²) in [6, 6.07) is 11.5. The summed E-state index contributed by atoms with van der Waals surface area (Å²) >= 11 is 0. The van der Waals surface area contributed by atoms with E-state index in [1.165, 1.54) is 6.07 Å². The standard InChI is InChI=1S/C23H24F3NO3.Na/c1-3-22(2)11-19(18-8-7-16(23(24,25)26)10-20(18)30-22)14-5-4-6-17(9-14)27-12-15(13-27)21(28)29;/h4-10,15,19H,3,11-13H2,1-2H3,(H,28,29);/q;+1/p-1. The summed E-state index contributed by atoms with van der Waals surface area (Å²) in [5.74, 6) is -1.35. The molecule has 2 aliphatic heterocycles. The first-order valence-electron chi connectivity index (χ1n) is 10.1. The maximum absolute atomic E-state index is 13.2. The first kappa shape index (κ1) is 24.0. The van der Waals surface area contributed by atoms with Gasteiger partial charge in [-0.2, -0.15) is 13.2 Å². The molecule has 1 fully saturated rings. The van der Waals surface area contributed by atoms with E-state index in [4.69, 9.17) is 4.74 Å². The molecule has 2 atom stereocenters. The van der Waals surface area contributed by atoms with Crippen LogP contribution in [0, 0.1) is 5.92 Å².